The van der Waals surface area contributed by atoms with Crippen molar-refractivity contribution < 1.29 is 13.6 Å². The monoisotopic (exact) mass is 408 g/mol. The normalized spacial score (nSPS) is 11.0. The minimum Gasteiger partial charge on any atom is -0.279 e. The van der Waals surface area contributed by atoms with Crippen molar-refractivity contribution in [1.29, 1.82) is 0 Å². The number of fused-ring (bicyclic) bond motifs is 1. The lowest BCUT2D eigenvalue weighted by Gasteiger charge is -2.20. The fourth-order valence-corrected chi connectivity index (χ4v) is 4.12. The summed E-state index contributed by atoms with van der Waals surface area (Å²) < 4.78 is 28.6. The van der Waals surface area contributed by atoms with Gasteiger partial charge in [-0.15, -0.1) is 0 Å². The zero-order valence-corrected chi connectivity index (χ0v) is 16.5. The molecule has 0 saturated carbocycles. The molecule has 146 valence electrons. The Balaban J connectivity index is 1.78. The van der Waals surface area contributed by atoms with Crippen molar-refractivity contribution in [2.24, 2.45) is 0 Å². The lowest BCUT2D eigenvalue weighted by Crippen LogP contribution is -2.31. The van der Waals surface area contributed by atoms with Crippen LogP contribution in [0.5, 0.6) is 0 Å². The van der Waals surface area contributed by atoms with E-state index in [1.807, 2.05) is 42.5 Å². The number of nitrogens with zero attached hydrogens (tertiary/aromatic N) is 2. The summed E-state index contributed by atoms with van der Waals surface area (Å²) in [6.07, 6.45) is 0.899. The number of carbonyl (C=O) groups is 1. The molecule has 3 aromatic carbocycles. The first kappa shape index (κ1) is 19.2. The van der Waals surface area contributed by atoms with Gasteiger partial charge in [0, 0.05) is 6.07 Å². The molecule has 4 rings (SSSR count). The number of hydrogen-bond donors (Lipinski definition) is 0. The quantitative estimate of drug-likeness (QED) is 0.407. The van der Waals surface area contributed by atoms with Gasteiger partial charge in [-0.3, -0.25) is 9.69 Å². The molecule has 0 aliphatic carbocycles. The van der Waals surface area contributed by atoms with Crippen molar-refractivity contribution in [3.05, 3.63) is 95.1 Å². The van der Waals surface area contributed by atoms with Crippen LogP contribution in [0.2, 0.25) is 0 Å². The van der Waals surface area contributed by atoms with Gasteiger partial charge in [-0.1, -0.05) is 54.7 Å². The maximum Gasteiger partial charge on any atom is 0.263 e. The van der Waals surface area contributed by atoms with E-state index >= 15 is 0 Å². The van der Waals surface area contributed by atoms with Gasteiger partial charge >= 0.3 is 0 Å². The molecule has 0 atom stereocenters. The van der Waals surface area contributed by atoms with Crippen LogP contribution in [0.1, 0.15) is 28.4 Å². The predicted octanol–water partition coefficient (Wildman–Crippen LogP) is 5.98. The molecular formula is C23H18F2N2OS. The number of halogens is 2. The first-order chi connectivity index (χ1) is 14.0. The molecule has 3 nitrogen and oxygen atoms in total. The van der Waals surface area contributed by atoms with E-state index in [0.29, 0.717) is 5.13 Å². The highest BCUT2D eigenvalue weighted by Gasteiger charge is 2.24. The summed E-state index contributed by atoms with van der Waals surface area (Å²) in [7, 11) is 0. The van der Waals surface area contributed by atoms with Crippen molar-refractivity contribution >= 4 is 32.6 Å². The molecule has 0 aliphatic heterocycles. The number of benzene rings is 3. The second-order valence-electron chi connectivity index (χ2n) is 6.65. The largest absolute Gasteiger partial charge is 0.279 e. The van der Waals surface area contributed by atoms with Gasteiger partial charge in [0.25, 0.3) is 5.91 Å². The summed E-state index contributed by atoms with van der Waals surface area (Å²) in [5.74, 6) is -2.16. The summed E-state index contributed by atoms with van der Waals surface area (Å²) in [6.45, 7) is 2.31. The van der Waals surface area contributed by atoms with Gasteiger partial charge in [0.05, 0.1) is 22.3 Å². The molecule has 29 heavy (non-hydrogen) atoms. The van der Waals surface area contributed by atoms with Crippen LogP contribution in [0.4, 0.5) is 13.9 Å². The lowest BCUT2D eigenvalue weighted by molar-refractivity contribution is 0.0981. The van der Waals surface area contributed by atoms with Crippen LogP contribution in [0, 0.1) is 11.6 Å². The molecule has 0 radical (unpaired) electrons. The van der Waals surface area contributed by atoms with Crippen molar-refractivity contribution in [2.45, 2.75) is 19.9 Å². The van der Waals surface area contributed by atoms with Crippen LogP contribution >= 0.6 is 11.3 Å². The first-order valence-corrected chi connectivity index (χ1v) is 10.1. The van der Waals surface area contributed by atoms with Crippen LogP contribution < -0.4 is 4.90 Å². The third kappa shape index (κ3) is 4.03. The molecule has 6 heteroatoms. The Hall–Kier alpha value is -3.12. The Labute approximate surface area is 171 Å². The molecule has 0 bridgehead atoms. The van der Waals surface area contributed by atoms with Gasteiger partial charge in [0.15, 0.2) is 5.13 Å². The van der Waals surface area contributed by atoms with E-state index < -0.39 is 17.5 Å². The van der Waals surface area contributed by atoms with Gasteiger partial charge in [0.1, 0.15) is 11.6 Å². The molecule has 0 spiro atoms. The molecule has 1 heterocycles. The molecule has 0 aliphatic rings. The van der Waals surface area contributed by atoms with Gasteiger partial charge < -0.3 is 0 Å². The highest BCUT2D eigenvalue weighted by Crippen LogP contribution is 2.32. The van der Waals surface area contributed by atoms with Crippen LogP contribution in [0.3, 0.4) is 0 Å². The average Bonchev–Trinajstić information content (AvgIpc) is 3.15. The summed E-state index contributed by atoms with van der Waals surface area (Å²) in [5.41, 5.74) is 2.67. The van der Waals surface area contributed by atoms with Crippen LogP contribution in [0.25, 0.3) is 10.2 Å². The highest BCUT2D eigenvalue weighted by molar-refractivity contribution is 7.22. The minimum absolute atomic E-state index is 0.184. The topological polar surface area (TPSA) is 33.2 Å². The maximum atomic E-state index is 14.3. The Morgan fingerprint density at radius 2 is 1.79 bits per heavy atom. The van der Waals surface area contributed by atoms with Gasteiger partial charge in [-0.05, 0) is 41.8 Å². The van der Waals surface area contributed by atoms with E-state index in [0.717, 1.165) is 34.3 Å². The minimum atomic E-state index is -0.887. The van der Waals surface area contributed by atoms with Crippen LogP contribution in [-0.2, 0) is 13.0 Å². The number of rotatable bonds is 5. The molecule has 1 amide bonds. The number of hydrogen-bond acceptors (Lipinski definition) is 3. The average molecular weight is 408 g/mol. The number of aryl methyl sites for hydroxylation is 1. The maximum absolute atomic E-state index is 14.3. The fourth-order valence-electron chi connectivity index (χ4n) is 3.09. The standard InChI is InChI=1S/C23H18F2N2OS/c1-2-15-8-11-20-21(12-15)29-23(26-20)27(14-16-6-4-3-5-7-16)22(28)18-10-9-17(24)13-19(18)25/h3-13H,2,14H2,1H3. The zero-order chi connectivity index (χ0) is 20.4. The van der Waals surface area contributed by atoms with E-state index in [-0.39, 0.29) is 12.1 Å². The zero-order valence-electron chi connectivity index (χ0n) is 15.7. The Morgan fingerprint density at radius 3 is 2.52 bits per heavy atom. The second kappa shape index (κ2) is 8.09. The molecule has 0 fully saturated rings. The van der Waals surface area contributed by atoms with E-state index in [1.165, 1.54) is 27.9 Å². The number of aromatic nitrogens is 1. The number of thiazole rings is 1. The van der Waals surface area contributed by atoms with Crippen molar-refractivity contribution in [2.75, 3.05) is 4.90 Å². The Bertz CT molecular complexity index is 1170. The van der Waals surface area contributed by atoms with E-state index in [1.54, 1.807) is 0 Å². The number of amides is 1. The van der Waals surface area contributed by atoms with Crippen LogP contribution in [0.15, 0.2) is 66.7 Å². The highest BCUT2D eigenvalue weighted by atomic mass is 32.1. The summed E-state index contributed by atoms with van der Waals surface area (Å²) >= 11 is 1.38. The predicted molar refractivity (Wildman–Crippen MR) is 112 cm³/mol. The third-order valence-corrected chi connectivity index (χ3v) is 5.71. The Morgan fingerprint density at radius 1 is 1.00 bits per heavy atom. The molecule has 0 N–H and O–H groups in total. The smallest absolute Gasteiger partial charge is 0.263 e. The SMILES string of the molecule is CCc1ccc2nc(N(Cc3ccccc3)C(=O)c3ccc(F)cc3F)sc2c1. The van der Waals surface area contributed by atoms with Crippen LogP contribution in [-0.4, -0.2) is 10.9 Å². The van der Waals surface area contributed by atoms with E-state index in [4.69, 9.17) is 0 Å². The Kier molecular flexibility index (Phi) is 5.36. The van der Waals surface area contributed by atoms with Crippen molar-refractivity contribution in [3.8, 4) is 0 Å². The third-order valence-electron chi connectivity index (χ3n) is 4.67. The van der Waals surface area contributed by atoms with Gasteiger partial charge in [0.2, 0.25) is 0 Å². The molecule has 0 unspecified atom stereocenters. The van der Waals surface area contributed by atoms with E-state index in [9.17, 15) is 13.6 Å². The molecule has 4 aromatic rings. The van der Waals surface area contributed by atoms with Gasteiger partial charge in [-0.2, -0.15) is 0 Å². The number of anilines is 1. The molecule has 1 aromatic heterocycles. The number of carbonyl (C=O) groups excluding carboxylic acids is 1. The first-order valence-electron chi connectivity index (χ1n) is 9.25. The molecule has 0 saturated heterocycles. The van der Waals surface area contributed by atoms with E-state index in [2.05, 4.69) is 18.0 Å². The lowest BCUT2D eigenvalue weighted by atomic mass is 10.1. The van der Waals surface area contributed by atoms with Crippen molar-refractivity contribution in [3.63, 3.8) is 0 Å². The second-order valence-corrected chi connectivity index (χ2v) is 7.66. The summed E-state index contributed by atoms with van der Waals surface area (Å²) in [5, 5.41) is 0.478. The summed E-state index contributed by atoms with van der Waals surface area (Å²) in [6, 6.07) is 18.4. The molecular weight excluding hydrogens is 390 g/mol. The fraction of sp³-hybridized carbons (Fsp3) is 0.130. The van der Waals surface area contributed by atoms with Crippen molar-refractivity contribution in [1.82, 2.24) is 4.98 Å². The van der Waals surface area contributed by atoms with Gasteiger partial charge in [-0.25, -0.2) is 13.8 Å². The summed E-state index contributed by atoms with van der Waals surface area (Å²) in [4.78, 5) is 19.3.